The van der Waals surface area contributed by atoms with Crippen LogP contribution >= 0.6 is 0 Å². The number of benzene rings is 4. The molecule has 1 N–H and O–H groups in total. The van der Waals surface area contributed by atoms with Crippen LogP contribution in [0.4, 0.5) is 11.4 Å². The van der Waals surface area contributed by atoms with Crippen molar-refractivity contribution >= 4 is 42.4 Å². The summed E-state index contributed by atoms with van der Waals surface area (Å²) in [7, 11) is -0.713. The van der Waals surface area contributed by atoms with E-state index < -0.39 is 25.9 Å². The van der Waals surface area contributed by atoms with Crippen LogP contribution in [0.5, 0.6) is 5.75 Å². The smallest absolute Gasteiger partial charge is 0.304 e. The number of aliphatic hydroxyl groups is 1. The molecule has 3 aliphatic rings. The van der Waals surface area contributed by atoms with Crippen LogP contribution in [0.15, 0.2) is 109 Å². The van der Waals surface area contributed by atoms with Crippen molar-refractivity contribution in [1.29, 1.82) is 0 Å². The number of carbonyl (C=O) groups is 3. The monoisotopic (exact) mass is 799 g/mol. The van der Waals surface area contributed by atoms with Crippen LogP contribution < -0.4 is 19.7 Å². The summed E-state index contributed by atoms with van der Waals surface area (Å²) < 4.78 is 20.0. The maximum Gasteiger partial charge on any atom is 0.304 e. The number of methoxy groups -OCH3 is 1. The SMILES string of the molecule is COc1ccc([Si](C)(C)[C@H]2[C@H](CCn3cc(C(CO)c4ccccc4)nn3)O[C@@]3(C(=O)N(Cc4ccc(N5C(=O)CC5OC(C)=O)cc4)c4ccccc43)[C@@H]2C)cc1. The van der Waals surface area contributed by atoms with Crippen molar-refractivity contribution < 1.29 is 33.7 Å². The molecule has 0 radical (unpaired) electrons. The summed E-state index contributed by atoms with van der Waals surface area (Å²) in [5.41, 5.74) is 3.68. The average molecular weight is 800 g/mol. The molecule has 2 saturated heterocycles. The summed E-state index contributed by atoms with van der Waals surface area (Å²) in [6.45, 7) is 8.97. The third-order valence-corrected chi connectivity index (χ3v) is 16.8. The third kappa shape index (κ3) is 6.80. The van der Waals surface area contributed by atoms with E-state index in [0.29, 0.717) is 30.9 Å². The predicted octanol–water partition coefficient (Wildman–Crippen LogP) is 5.89. The summed E-state index contributed by atoms with van der Waals surface area (Å²) >= 11 is 0. The molecule has 8 rings (SSSR count). The molecule has 0 bridgehead atoms. The van der Waals surface area contributed by atoms with E-state index in [1.54, 1.807) is 7.11 Å². The largest absolute Gasteiger partial charge is 0.497 e. The van der Waals surface area contributed by atoms with Gasteiger partial charge in [0.1, 0.15) is 5.75 Å². The molecule has 6 atom stereocenters. The first-order chi connectivity index (χ1) is 28.0. The molecular weight excluding hydrogens is 751 g/mol. The molecule has 1 aromatic heterocycles. The van der Waals surface area contributed by atoms with Crippen LogP contribution in [0.3, 0.4) is 0 Å². The van der Waals surface area contributed by atoms with Gasteiger partial charge in [-0.2, -0.15) is 0 Å². The number of aliphatic hydroxyl groups excluding tert-OH is 1. The molecule has 1 spiro atoms. The molecule has 5 aromatic rings. The Bertz CT molecular complexity index is 2300. The van der Waals surface area contributed by atoms with E-state index in [4.69, 9.17) is 14.2 Å². The molecule has 2 amide bonds. The Morgan fingerprint density at radius 3 is 2.36 bits per heavy atom. The van der Waals surface area contributed by atoms with E-state index in [0.717, 1.165) is 28.1 Å². The number of ether oxygens (including phenoxy) is 3. The molecule has 2 fully saturated rings. The number of amides is 2. The van der Waals surface area contributed by atoms with Crippen molar-refractivity contribution in [2.24, 2.45) is 5.92 Å². The first-order valence-corrected chi connectivity index (χ1v) is 22.9. The Morgan fingerprint density at radius 2 is 1.69 bits per heavy atom. The Balaban J connectivity index is 1.10. The van der Waals surface area contributed by atoms with Gasteiger partial charge in [-0.25, -0.2) is 0 Å². The van der Waals surface area contributed by atoms with Gasteiger partial charge in [0.25, 0.3) is 5.91 Å². The van der Waals surface area contributed by atoms with Crippen LogP contribution in [-0.2, 0) is 42.5 Å². The number of nitrogens with zero attached hydrogens (tertiary/aromatic N) is 5. The number of anilines is 2. The topological polar surface area (TPSA) is 136 Å². The number of hydrogen-bond acceptors (Lipinski definition) is 9. The van der Waals surface area contributed by atoms with E-state index in [1.165, 1.54) is 17.0 Å². The van der Waals surface area contributed by atoms with Crippen molar-refractivity contribution in [2.45, 2.75) is 82.3 Å². The van der Waals surface area contributed by atoms with Crippen molar-refractivity contribution in [3.05, 3.63) is 132 Å². The fourth-order valence-electron chi connectivity index (χ4n) is 9.52. The minimum atomic E-state index is -2.38. The molecule has 3 aliphatic heterocycles. The van der Waals surface area contributed by atoms with Gasteiger partial charge in [-0.1, -0.05) is 103 Å². The highest BCUT2D eigenvalue weighted by molar-refractivity contribution is 6.91. The fraction of sp³-hybridized carbons (Fsp3) is 0.356. The highest BCUT2D eigenvalue weighted by Gasteiger charge is 2.66. The van der Waals surface area contributed by atoms with Crippen LogP contribution in [-0.4, -0.2) is 72.0 Å². The van der Waals surface area contributed by atoms with Crippen molar-refractivity contribution in [3.8, 4) is 5.75 Å². The maximum absolute atomic E-state index is 15.2. The predicted molar refractivity (Wildman–Crippen MR) is 221 cm³/mol. The summed E-state index contributed by atoms with van der Waals surface area (Å²) in [6.07, 6.45) is 1.75. The molecule has 4 aromatic carbocycles. The van der Waals surface area contributed by atoms with Gasteiger partial charge < -0.3 is 24.2 Å². The zero-order valence-electron chi connectivity index (χ0n) is 33.4. The van der Waals surface area contributed by atoms with Gasteiger partial charge in [-0.3, -0.25) is 24.0 Å². The molecule has 2 unspecified atom stereocenters. The molecule has 300 valence electrons. The number of aryl methyl sites for hydroxylation is 1. The Hall–Kier alpha value is -5.63. The molecule has 13 heteroatoms. The molecule has 58 heavy (non-hydrogen) atoms. The van der Waals surface area contributed by atoms with Crippen LogP contribution in [0, 0.1) is 5.92 Å². The van der Waals surface area contributed by atoms with Gasteiger partial charge in [0.2, 0.25) is 5.91 Å². The lowest BCUT2D eigenvalue weighted by Crippen LogP contribution is -2.54. The van der Waals surface area contributed by atoms with E-state index in [2.05, 4.69) is 42.5 Å². The van der Waals surface area contributed by atoms with Crippen molar-refractivity contribution in [1.82, 2.24) is 15.0 Å². The van der Waals surface area contributed by atoms with Gasteiger partial charge in [0.05, 0.1) is 58.2 Å². The molecule has 12 nitrogen and oxygen atoms in total. The lowest BCUT2D eigenvalue weighted by Gasteiger charge is -2.39. The number of carbonyl (C=O) groups excluding carboxylic acids is 3. The van der Waals surface area contributed by atoms with Gasteiger partial charge in [0.15, 0.2) is 11.8 Å². The highest BCUT2D eigenvalue weighted by atomic mass is 28.3. The zero-order valence-corrected chi connectivity index (χ0v) is 34.4. The lowest BCUT2D eigenvalue weighted by molar-refractivity contribution is -0.154. The van der Waals surface area contributed by atoms with Crippen molar-refractivity contribution in [2.75, 3.05) is 23.5 Å². The second-order valence-electron chi connectivity index (χ2n) is 16.1. The Morgan fingerprint density at radius 1 is 0.983 bits per heavy atom. The highest BCUT2D eigenvalue weighted by Crippen LogP contribution is 2.60. The Kier molecular flexibility index (Phi) is 10.6. The lowest BCUT2D eigenvalue weighted by atomic mass is 9.82. The summed E-state index contributed by atoms with van der Waals surface area (Å²) in [6, 6.07) is 33.6. The standard InChI is InChI=1S/C45H49N5O7Si/c1-29-43(58(4,5)35-21-19-34(55-3)20-22-35)40(23-24-48-27-38(46-47-48)36(28-51)32-11-7-6-8-12-32)57-45(29)37-13-9-10-14-39(37)49(44(45)54)26-31-15-17-33(18-16-31)50-41(53)25-42(50)56-30(2)52/h6-22,27,29,36,40,42-43,51H,23-26,28H2,1-5H3/t29-,36?,40+,42?,43-,45+/m1/s1. The molecule has 0 saturated carbocycles. The first-order valence-electron chi connectivity index (χ1n) is 19.8. The number of esters is 1. The number of para-hydroxylation sites is 1. The van der Waals surface area contributed by atoms with Crippen molar-refractivity contribution in [3.63, 3.8) is 0 Å². The summed E-state index contributed by atoms with van der Waals surface area (Å²) in [5, 5.41) is 20.5. The number of rotatable bonds is 13. The van der Waals surface area contributed by atoms with E-state index in [1.807, 2.05) is 107 Å². The second kappa shape index (κ2) is 15.6. The van der Waals surface area contributed by atoms with Crippen LogP contribution in [0.1, 0.15) is 55.0 Å². The van der Waals surface area contributed by atoms with Crippen LogP contribution in [0.25, 0.3) is 0 Å². The Labute approximate surface area is 339 Å². The van der Waals surface area contributed by atoms with E-state index >= 15 is 4.79 Å². The minimum absolute atomic E-state index is 0.0360. The second-order valence-corrected chi connectivity index (χ2v) is 20.8. The van der Waals surface area contributed by atoms with Crippen LogP contribution in [0.2, 0.25) is 18.6 Å². The number of fused-ring (bicyclic) bond motifs is 2. The first kappa shape index (κ1) is 39.2. The molecular formula is C45H49N5O7Si. The third-order valence-electron chi connectivity index (χ3n) is 12.4. The zero-order chi connectivity index (χ0) is 40.8. The number of hydrogen-bond donors (Lipinski definition) is 1. The number of β-lactam (4-membered cyclic amide) rings is 1. The quantitative estimate of drug-likeness (QED) is 0.0879. The normalized spacial score (nSPS) is 23.2. The molecule has 4 heterocycles. The maximum atomic E-state index is 15.2. The van der Waals surface area contributed by atoms with Gasteiger partial charge in [-0.05, 0) is 53.4 Å². The average Bonchev–Trinajstić information content (AvgIpc) is 3.88. The summed E-state index contributed by atoms with van der Waals surface area (Å²) in [4.78, 5) is 42.6. The van der Waals surface area contributed by atoms with E-state index in [-0.39, 0.29) is 48.3 Å². The number of aromatic nitrogens is 3. The van der Waals surface area contributed by atoms with Gasteiger partial charge >= 0.3 is 5.97 Å². The molecule has 0 aliphatic carbocycles. The van der Waals surface area contributed by atoms with Gasteiger partial charge in [0, 0.05) is 36.8 Å². The fourth-order valence-corrected chi connectivity index (χ4v) is 13.6. The minimum Gasteiger partial charge on any atom is -0.497 e. The summed E-state index contributed by atoms with van der Waals surface area (Å²) in [5.74, 6) is -0.332. The van der Waals surface area contributed by atoms with Gasteiger partial charge in [-0.15, -0.1) is 5.10 Å². The van der Waals surface area contributed by atoms with E-state index in [9.17, 15) is 14.7 Å².